The van der Waals surface area contributed by atoms with E-state index in [2.05, 4.69) is 20.2 Å². The number of hydrogen-bond donors (Lipinski definition) is 2. The topological polar surface area (TPSA) is 70.5 Å². The standard InChI is InChI=1S/C26H27F3N4O2S/c1-35-18-2-3-21-20(13-18)19(4-8-30-21)23(34)15-33-9-5-17(6-10-33)31-14-16-12-24-22(7-11-36-24)32-25(16)26(27,28)29/h2-4,7-8,11-13,17,23,31,34H,5-6,9-10,14-15H2,1H3/t23-/m0/s1. The number of nitrogens with zero attached hydrogens (tertiary/aromatic N) is 3. The minimum atomic E-state index is -4.49. The van der Waals surface area contributed by atoms with Gasteiger partial charge in [0, 0.05) is 30.7 Å². The number of fused-ring (bicyclic) bond motifs is 2. The lowest BCUT2D eigenvalue weighted by Crippen LogP contribution is -2.43. The SMILES string of the molecule is COc1ccc2nccc([C@@H](O)CN3CCC(NCc4cc5sccc5nc4C(F)(F)F)CC3)c2c1. The van der Waals surface area contributed by atoms with Gasteiger partial charge < -0.3 is 20.1 Å². The van der Waals surface area contributed by atoms with Crippen molar-refractivity contribution in [3.05, 3.63) is 64.8 Å². The van der Waals surface area contributed by atoms with Crippen LogP contribution in [0.15, 0.2) is 48.0 Å². The largest absolute Gasteiger partial charge is 0.497 e. The number of halogens is 3. The van der Waals surface area contributed by atoms with Gasteiger partial charge in [-0.2, -0.15) is 13.2 Å². The highest BCUT2D eigenvalue weighted by molar-refractivity contribution is 7.17. The number of likely N-dealkylation sites (tertiary alicyclic amines) is 1. The summed E-state index contributed by atoms with van der Waals surface area (Å²) in [4.78, 5) is 10.4. The molecule has 1 saturated heterocycles. The quantitative estimate of drug-likeness (QED) is 0.354. The van der Waals surface area contributed by atoms with Crippen LogP contribution >= 0.6 is 11.3 Å². The number of nitrogens with one attached hydrogen (secondary N) is 1. The first-order chi connectivity index (χ1) is 17.3. The fourth-order valence-electron chi connectivity index (χ4n) is 4.79. The van der Waals surface area contributed by atoms with E-state index in [9.17, 15) is 18.3 Å². The normalized spacial score (nSPS) is 16.6. The highest BCUT2D eigenvalue weighted by Crippen LogP contribution is 2.34. The molecule has 0 amide bonds. The third kappa shape index (κ3) is 5.31. The monoisotopic (exact) mass is 516 g/mol. The number of alkyl halides is 3. The highest BCUT2D eigenvalue weighted by atomic mass is 32.1. The Bertz CT molecular complexity index is 1350. The zero-order chi connectivity index (χ0) is 25.3. The summed E-state index contributed by atoms with van der Waals surface area (Å²) in [5.41, 5.74) is 1.33. The van der Waals surface area contributed by atoms with Crippen LogP contribution in [0.4, 0.5) is 13.2 Å². The maximum absolute atomic E-state index is 13.6. The molecule has 0 radical (unpaired) electrons. The second-order valence-electron chi connectivity index (χ2n) is 9.05. The summed E-state index contributed by atoms with van der Waals surface area (Å²) in [6, 6.07) is 10.7. The van der Waals surface area contributed by atoms with Crippen LogP contribution in [0.2, 0.25) is 0 Å². The molecule has 10 heteroatoms. The lowest BCUT2D eigenvalue weighted by Gasteiger charge is -2.34. The molecule has 0 bridgehead atoms. The molecule has 3 aromatic heterocycles. The van der Waals surface area contributed by atoms with Crippen LogP contribution in [0.5, 0.6) is 5.75 Å². The molecule has 0 spiro atoms. The van der Waals surface area contributed by atoms with Crippen molar-refractivity contribution in [2.45, 2.75) is 37.7 Å². The van der Waals surface area contributed by atoms with E-state index in [4.69, 9.17) is 4.74 Å². The number of rotatable bonds is 7. The van der Waals surface area contributed by atoms with Crippen molar-refractivity contribution in [2.75, 3.05) is 26.7 Å². The number of hydrogen-bond acceptors (Lipinski definition) is 7. The predicted octanol–water partition coefficient (Wildman–Crippen LogP) is 5.16. The minimum absolute atomic E-state index is 0.101. The molecule has 0 unspecified atom stereocenters. The molecule has 1 fully saturated rings. The fraction of sp³-hybridized carbons (Fsp3) is 0.385. The maximum atomic E-state index is 13.6. The van der Waals surface area contributed by atoms with Gasteiger partial charge >= 0.3 is 6.18 Å². The van der Waals surface area contributed by atoms with Crippen molar-refractivity contribution in [1.82, 2.24) is 20.2 Å². The second-order valence-corrected chi connectivity index (χ2v) is 10.0. The second kappa shape index (κ2) is 10.3. The molecule has 1 aliphatic heterocycles. The van der Waals surface area contributed by atoms with Crippen LogP contribution in [0.25, 0.3) is 21.1 Å². The number of methoxy groups -OCH3 is 1. The summed E-state index contributed by atoms with van der Waals surface area (Å²) in [6.45, 7) is 2.08. The number of β-amino-alcohol motifs (C(OH)–C–C–N with tert-alkyl or cyclic N) is 1. The van der Waals surface area contributed by atoms with Crippen LogP contribution in [0, 0.1) is 0 Å². The van der Waals surface area contributed by atoms with Crippen LogP contribution in [-0.4, -0.2) is 52.8 Å². The van der Waals surface area contributed by atoms with Crippen molar-refractivity contribution in [3.8, 4) is 5.75 Å². The Morgan fingerprint density at radius 3 is 2.72 bits per heavy atom. The third-order valence-corrected chi connectivity index (χ3v) is 7.58. The summed E-state index contributed by atoms with van der Waals surface area (Å²) in [6.07, 6.45) is -1.92. The number of pyridine rings is 2. The summed E-state index contributed by atoms with van der Waals surface area (Å²) >= 11 is 1.39. The first kappa shape index (κ1) is 24.9. The lowest BCUT2D eigenvalue weighted by molar-refractivity contribution is -0.141. The van der Waals surface area contributed by atoms with E-state index in [1.54, 1.807) is 30.8 Å². The molecule has 5 rings (SSSR count). The molecule has 4 aromatic rings. The number of ether oxygens (including phenoxy) is 1. The molecule has 190 valence electrons. The van der Waals surface area contributed by atoms with Crippen LogP contribution in [0.1, 0.15) is 35.8 Å². The summed E-state index contributed by atoms with van der Waals surface area (Å²) in [5.74, 6) is 0.706. The van der Waals surface area contributed by atoms with E-state index in [1.807, 2.05) is 24.3 Å². The van der Waals surface area contributed by atoms with Gasteiger partial charge in [-0.15, -0.1) is 11.3 Å². The first-order valence-electron chi connectivity index (χ1n) is 11.8. The molecule has 1 atom stereocenters. The Hall–Kier alpha value is -2.79. The lowest BCUT2D eigenvalue weighted by atomic mass is 10.0. The number of aromatic nitrogens is 2. The Morgan fingerprint density at radius 2 is 1.97 bits per heavy atom. The molecule has 6 nitrogen and oxygen atoms in total. The van der Waals surface area contributed by atoms with Gasteiger partial charge in [0.2, 0.25) is 0 Å². The fourth-order valence-corrected chi connectivity index (χ4v) is 5.58. The number of piperidine rings is 1. The molecule has 1 aromatic carbocycles. The summed E-state index contributed by atoms with van der Waals surface area (Å²) in [7, 11) is 1.60. The average molecular weight is 517 g/mol. The zero-order valence-electron chi connectivity index (χ0n) is 19.8. The molecule has 1 aliphatic rings. The number of aliphatic hydroxyl groups excluding tert-OH is 1. The molecular formula is C26H27F3N4O2S. The average Bonchev–Trinajstić information content (AvgIpc) is 3.34. The summed E-state index contributed by atoms with van der Waals surface area (Å²) in [5, 5.41) is 16.9. The van der Waals surface area contributed by atoms with E-state index in [0.29, 0.717) is 17.8 Å². The van der Waals surface area contributed by atoms with Gasteiger partial charge in [0.25, 0.3) is 0 Å². The summed E-state index contributed by atoms with van der Waals surface area (Å²) < 4.78 is 46.8. The number of aliphatic hydroxyl groups is 1. The van der Waals surface area contributed by atoms with Gasteiger partial charge in [-0.05, 0) is 78.8 Å². The first-order valence-corrected chi connectivity index (χ1v) is 12.7. The van der Waals surface area contributed by atoms with Crippen LogP contribution < -0.4 is 10.1 Å². The van der Waals surface area contributed by atoms with E-state index >= 15 is 0 Å². The third-order valence-electron chi connectivity index (χ3n) is 6.72. The Labute approximate surface area is 210 Å². The van der Waals surface area contributed by atoms with Crippen molar-refractivity contribution >= 4 is 32.5 Å². The number of benzene rings is 1. The zero-order valence-corrected chi connectivity index (χ0v) is 20.6. The van der Waals surface area contributed by atoms with Crippen molar-refractivity contribution in [2.24, 2.45) is 0 Å². The highest BCUT2D eigenvalue weighted by Gasteiger charge is 2.36. The van der Waals surface area contributed by atoms with Crippen molar-refractivity contribution in [3.63, 3.8) is 0 Å². The van der Waals surface area contributed by atoms with Gasteiger partial charge in [0.05, 0.1) is 28.9 Å². The van der Waals surface area contributed by atoms with Crippen LogP contribution in [0.3, 0.4) is 0 Å². The van der Waals surface area contributed by atoms with E-state index < -0.39 is 18.0 Å². The van der Waals surface area contributed by atoms with Crippen LogP contribution in [-0.2, 0) is 12.7 Å². The molecular weight excluding hydrogens is 489 g/mol. The molecule has 36 heavy (non-hydrogen) atoms. The Morgan fingerprint density at radius 1 is 1.17 bits per heavy atom. The van der Waals surface area contributed by atoms with E-state index in [1.165, 1.54) is 11.3 Å². The Kier molecular flexibility index (Phi) is 7.11. The molecule has 4 heterocycles. The predicted molar refractivity (Wildman–Crippen MR) is 134 cm³/mol. The van der Waals surface area contributed by atoms with E-state index in [0.717, 1.165) is 47.1 Å². The van der Waals surface area contributed by atoms with Gasteiger partial charge in [0.1, 0.15) is 11.4 Å². The van der Waals surface area contributed by atoms with Crippen molar-refractivity contribution < 1.29 is 23.0 Å². The molecule has 0 saturated carbocycles. The molecule has 2 N–H and O–H groups in total. The van der Waals surface area contributed by atoms with Gasteiger partial charge in [-0.25, -0.2) is 4.98 Å². The number of thiophene rings is 1. The molecule has 0 aliphatic carbocycles. The Balaban J connectivity index is 1.19. The minimum Gasteiger partial charge on any atom is -0.497 e. The smallest absolute Gasteiger partial charge is 0.433 e. The van der Waals surface area contributed by atoms with Crippen molar-refractivity contribution in [1.29, 1.82) is 0 Å². The van der Waals surface area contributed by atoms with Gasteiger partial charge in [0.15, 0.2) is 0 Å². The van der Waals surface area contributed by atoms with Gasteiger partial charge in [-0.1, -0.05) is 0 Å². The van der Waals surface area contributed by atoms with E-state index in [-0.39, 0.29) is 18.2 Å². The maximum Gasteiger partial charge on any atom is 0.433 e. The van der Waals surface area contributed by atoms with Gasteiger partial charge in [-0.3, -0.25) is 4.98 Å².